The second-order valence-corrected chi connectivity index (χ2v) is 22.0. The molecule has 42 heavy (non-hydrogen) atoms. The van der Waals surface area contributed by atoms with Crippen LogP contribution in [-0.4, -0.2) is 74.3 Å². The summed E-state index contributed by atoms with van der Waals surface area (Å²) in [6.45, 7) is 14.7. The molecule has 0 bridgehead atoms. The topological polar surface area (TPSA) is 74.8 Å². The Kier molecular flexibility index (Phi) is 9.36. The third-order valence-electron chi connectivity index (χ3n) is 8.53. The molecule has 10 heteroatoms. The van der Waals surface area contributed by atoms with Crippen molar-refractivity contribution in [2.24, 2.45) is 0 Å². The number of sulfonamides is 2. The molecule has 2 aliphatic heterocycles. The van der Waals surface area contributed by atoms with E-state index in [9.17, 15) is 16.8 Å². The molecule has 2 heterocycles. The zero-order valence-corrected chi connectivity index (χ0v) is 28.7. The van der Waals surface area contributed by atoms with E-state index in [-0.39, 0.29) is 22.6 Å². The van der Waals surface area contributed by atoms with Crippen molar-refractivity contribution in [3.05, 3.63) is 83.9 Å². The second kappa shape index (κ2) is 12.4. The molecule has 2 saturated heterocycles. The van der Waals surface area contributed by atoms with Crippen LogP contribution in [0.2, 0.25) is 0 Å². The molecule has 5 rings (SSSR count). The Morgan fingerprint density at radius 1 is 0.524 bits per heavy atom. The molecule has 3 aromatic rings. The first kappa shape index (κ1) is 31.8. The molecule has 3 aromatic carbocycles. The predicted molar refractivity (Wildman–Crippen MR) is 177 cm³/mol. The second-order valence-electron chi connectivity index (χ2n) is 12.0. The Bertz CT molecular complexity index is 1480. The quantitative estimate of drug-likeness (QED) is 0.333. The van der Waals surface area contributed by atoms with Crippen molar-refractivity contribution in [2.75, 3.05) is 26.2 Å². The molecule has 226 valence electrons. The van der Waals surface area contributed by atoms with E-state index in [0.717, 1.165) is 11.1 Å². The Labute approximate surface area is 255 Å². The highest BCUT2D eigenvalue weighted by Gasteiger charge is 2.42. The van der Waals surface area contributed by atoms with Crippen LogP contribution in [0.5, 0.6) is 0 Å². The van der Waals surface area contributed by atoms with Gasteiger partial charge in [0.05, 0.1) is 9.79 Å². The van der Waals surface area contributed by atoms with Crippen molar-refractivity contribution in [3.63, 3.8) is 0 Å². The van der Waals surface area contributed by atoms with Gasteiger partial charge in [0.1, 0.15) is 0 Å². The number of rotatable bonds is 6. The summed E-state index contributed by atoms with van der Waals surface area (Å²) in [7, 11) is -8.35. The van der Waals surface area contributed by atoms with Gasteiger partial charge in [0.15, 0.2) is 0 Å². The third-order valence-corrected chi connectivity index (χ3v) is 18.7. The fourth-order valence-corrected chi connectivity index (χ4v) is 17.2. The van der Waals surface area contributed by atoms with Gasteiger partial charge in [-0.25, -0.2) is 16.8 Å². The predicted octanol–water partition coefficient (Wildman–Crippen LogP) is 5.48. The number of hydrogen-bond donors (Lipinski definition) is 0. The maximum Gasteiger partial charge on any atom is 0.243 e. The van der Waals surface area contributed by atoms with Crippen LogP contribution in [0.4, 0.5) is 0 Å². The lowest BCUT2D eigenvalue weighted by atomic mass is 10.2. The Morgan fingerprint density at radius 3 is 1.10 bits per heavy atom. The summed E-state index contributed by atoms with van der Waals surface area (Å²) in [4.78, 5) is 0.718. The van der Waals surface area contributed by atoms with Gasteiger partial charge < -0.3 is 0 Å². The Morgan fingerprint density at radius 2 is 0.810 bits per heavy atom. The number of aryl methyl sites for hydroxylation is 2. The minimum absolute atomic E-state index is 0.203. The maximum absolute atomic E-state index is 13.5. The van der Waals surface area contributed by atoms with Crippen LogP contribution in [0.15, 0.2) is 82.6 Å². The maximum atomic E-state index is 13.5. The highest BCUT2D eigenvalue weighted by molar-refractivity contribution is 7.89. The van der Waals surface area contributed by atoms with Gasteiger partial charge in [-0.15, -0.1) is 0 Å². The Hall–Kier alpha value is -1.66. The fraction of sp³-hybridized carbons (Fsp3) is 0.438. The van der Waals surface area contributed by atoms with Crippen molar-refractivity contribution in [1.82, 2.24) is 8.61 Å². The summed E-state index contributed by atoms with van der Waals surface area (Å²) in [5.41, 5.74) is 2.89. The van der Waals surface area contributed by atoms with Crippen molar-refractivity contribution in [2.45, 2.75) is 74.0 Å². The monoisotopic (exact) mass is 644 g/mol. The molecule has 0 spiro atoms. The van der Waals surface area contributed by atoms with Gasteiger partial charge in [-0.05, 0) is 71.4 Å². The molecule has 0 unspecified atom stereocenters. The lowest BCUT2D eigenvalue weighted by molar-refractivity contribution is 0.399. The molecule has 0 N–H and O–H groups in total. The summed E-state index contributed by atoms with van der Waals surface area (Å²) in [5, 5.41) is 2.75. The Balaban J connectivity index is 1.39. The molecule has 0 aliphatic carbocycles. The van der Waals surface area contributed by atoms with Crippen LogP contribution in [0.1, 0.15) is 38.8 Å². The van der Waals surface area contributed by atoms with Gasteiger partial charge in [-0.3, -0.25) is 0 Å². The summed E-state index contributed by atoms with van der Waals surface area (Å²) in [5.74, 6) is 0. The minimum atomic E-state index is -3.56. The first-order chi connectivity index (χ1) is 19.8. The van der Waals surface area contributed by atoms with Crippen LogP contribution in [0.25, 0.3) is 0 Å². The molecule has 4 atom stereocenters. The van der Waals surface area contributed by atoms with E-state index in [1.807, 2.05) is 38.1 Å². The molecule has 0 saturated carbocycles. The molecule has 0 aromatic heterocycles. The van der Waals surface area contributed by atoms with Crippen LogP contribution in [0, 0.1) is 13.8 Å². The number of nitrogens with zero attached hydrogens (tertiary/aromatic N) is 2. The third kappa shape index (κ3) is 6.14. The lowest BCUT2D eigenvalue weighted by Gasteiger charge is -2.45. The standard InChI is InChI=1S/C32H42N2O4P2S2/c1-23-11-15-29(16-12-23)41(35,36)33-19-25(3)39(26(4)20-33)31-9-7-8-10-32(31)40-27(5)21-34(22-28(40)6)42(37,38)30-17-13-24(2)14-18-30/h7-18,25-28H,19-22H2,1-6H3/t25-,26-,27-,28-/m1/s1. The van der Waals surface area contributed by atoms with E-state index in [2.05, 4.69) is 52.0 Å². The minimum Gasteiger partial charge on any atom is -0.207 e. The zero-order chi connectivity index (χ0) is 30.4. The van der Waals surface area contributed by atoms with Crippen LogP contribution < -0.4 is 10.6 Å². The molecule has 0 radical (unpaired) electrons. The zero-order valence-electron chi connectivity index (χ0n) is 25.3. The summed E-state index contributed by atoms with van der Waals surface area (Å²) in [6, 6.07) is 23.0. The van der Waals surface area contributed by atoms with E-state index in [1.165, 1.54) is 10.6 Å². The van der Waals surface area contributed by atoms with E-state index >= 15 is 0 Å². The molecular formula is C32H42N2O4P2S2. The van der Waals surface area contributed by atoms with Crippen LogP contribution in [0.3, 0.4) is 0 Å². The SMILES string of the molecule is Cc1ccc(S(=O)(=O)N2C[C@@H](C)P(c3ccccc3P3[C@H](C)CN(S(=O)(=O)c4ccc(C)cc4)C[C@H]3C)[C@H](C)C2)cc1. The van der Waals surface area contributed by atoms with Crippen LogP contribution in [-0.2, 0) is 20.0 Å². The smallest absolute Gasteiger partial charge is 0.207 e. The first-order valence-electron chi connectivity index (χ1n) is 14.6. The van der Waals surface area contributed by atoms with Gasteiger partial charge in [-0.2, -0.15) is 8.61 Å². The van der Waals surface area contributed by atoms with Gasteiger partial charge in [0, 0.05) is 26.2 Å². The first-order valence-corrected chi connectivity index (χ1v) is 20.4. The van der Waals surface area contributed by atoms with Crippen molar-refractivity contribution in [3.8, 4) is 0 Å². The number of hydrogen-bond acceptors (Lipinski definition) is 4. The van der Waals surface area contributed by atoms with E-state index in [4.69, 9.17) is 0 Å². The normalized spacial score (nSPS) is 25.5. The van der Waals surface area contributed by atoms with Gasteiger partial charge in [-0.1, -0.05) is 103 Å². The van der Waals surface area contributed by atoms with Gasteiger partial charge in [0.25, 0.3) is 0 Å². The van der Waals surface area contributed by atoms with Crippen molar-refractivity contribution in [1.29, 1.82) is 0 Å². The highest BCUT2D eigenvalue weighted by atomic mass is 32.2. The van der Waals surface area contributed by atoms with E-state index in [0.29, 0.717) is 36.0 Å². The van der Waals surface area contributed by atoms with E-state index < -0.39 is 35.9 Å². The summed E-state index contributed by atoms with van der Waals surface area (Å²) >= 11 is 0. The van der Waals surface area contributed by atoms with Gasteiger partial charge >= 0.3 is 0 Å². The largest absolute Gasteiger partial charge is 0.243 e. The fourth-order valence-electron chi connectivity index (χ4n) is 6.51. The highest BCUT2D eigenvalue weighted by Crippen LogP contribution is 2.54. The number of benzene rings is 3. The van der Waals surface area contributed by atoms with E-state index in [1.54, 1.807) is 32.9 Å². The van der Waals surface area contributed by atoms with Crippen molar-refractivity contribution < 1.29 is 16.8 Å². The molecule has 6 nitrogen and oxygen atoms in total. The molecule has 2 fully saturated rings. The van der Waals surface area contributed by atoms with Crippen molar-refractivity contribution >= 4 is 46.5 Å². The average Bonchev–Trinajstić information content (AvgIpc) is 2.93. The molecular weight excluding hydrogens is 602 g/mol. The lowest BCUT2D eigenvalue weighted by Crippen LogP contribution is -2.50. The summed E-state index contributed by atoms with van der Waals surface area (Å²) in [6.07, 6.45) is 0. The van der Waals surface area contributed by atoms with Crippen LogP contribution >= 0.6 is 15.8 Å². The average molecular weight is 645 g/mol. The van der Waals surface area contributed by atoms with Gasteiger partial charge in [0.2, 0.25) is 20.0 Å². The molecule has 0 amide bonds. The molecule has 2 aliphatic rings. The summed E-state index contributed by atoms with van der Waals surface area (Å²) < 4.78 is 57.5.